The number of halogens is 2. The Morgan fingerprint density at radius 2 is 1.96 bits per heavy atom. The largest absolute Gasteiger partial charge is 0.386 e. The lowest BCUT2D eigenvalue weighted by Crippen LogP contribution is -2.51. The highest BCUT2D eigenvalue weighted by atomic mass is 127. The predicted molar refractivity (Wildman–Crippen MR) is 130 cm³/mol. The summed E-state index contributed by atoms with van der Waals surface area (Å²) in [5, 5.41) is 17.2. The van der Waals surface area contributed by atoms with Crippen LogP contribution >= 0.6 is 46.9 Å². The summed E-state index contributed by atoms with van der Waals surface area (Å²) in [5.74, 6) is 0.801. The van der Waals surface area contributed by atoms with E-state index < -0.39 is 6.10 Å². The molecule has 2 fully saturated rings. The summed E-state index contributed by atoms with van der Waals surface area (Å²) in [6.45, 7) is 5.58. The zero-order valence-corrected chi connectivity index (χ0v) is 20.6. The fourth-order valence-corrected chi connectivity index (χ4v) is 5.18. The summed E-state index contributed by atoms with van der Waals surface area (Å²) in [4.78, 5) is 8.16. The van der Waals surface area contributed by atoms with Gasteiger partial charge in [0.1, 0.15) is 6.10 Å². The summed E-state index contributed by atoms with van der Waals surface area (Å²) in [7, 11) is 0. The summed E-state index contributed by atoms with van der Waals surface area (Å²) >= 11 is 7.37. The zero-order chi connectivity index (χ0) is 19.1. The van der Waals surface area contributed by atoms with Crippen LogP contribution in [0.15, 0.2) is 17.1 Å². The maximum absolute atomic E-state index is 10.3. The minimum Gasteiger partial charge on any atom is -0.386 e. The molecule has 3 rings (SSSR count). The van der Waals surface area contributed by atoms with E-state index in [2.05, 4.69) is 27.4 Å². The van der Waals surface area contributed by atoms with E-state index in [1.54, 1.807) is 0 Å². The van der Waals surface area contributed by atoms with Crippen molar-refractivity contribution in [2.45, 2.75) is 70.1 Å². The van der Waals surface area contributed by atoms with E-state index >= 15 is 0 Å². The highest BCUT2D eigenvalue weighted by Gasteiger charge is 2.26. The van der Waals surface area contributed by atoms with Crippen molar-refractivity contribution in [1.29, 1.82) is 0 Å². The minimum absolute atomic E-state index is 0. The predicted octanol–water partition coefficient (Wildman–Crippen LogP) is 4.41. The van der Waals surface area contributed by atoms with Crippen molar-refractivity contribution in [2.24, 2.45) is 4.99 Å². The van der Waals surface area contributed by atoms with Crippen molar-refractivity contribution >= 4 is 52.9 Å². The Morgan fingerprint density at radius 1 is 1.25 bits per heavy atom. The number of guanidine groups is 1. The first-order valence-electron chi connectivity index (χ1n) is 10.4. The minimum atomic E-state index is -0.605. The van der Waals surface area contributed by atoms with Gasteiger partial charge in [0.05, 0.1) is 10.9 Å². The lowest BCUT2D eigenvalue weighted by atomic mass is 9.92. The molecule has 160 valence electrons. The Balaban J connectivity index is 0.00000280. The van der Waals surface area contributed by atoms with Crippen molar-refractivity contribution in [1.82, 2.24) is 15.5 Å². The molecule has 2 aliphatic rings. The number of likely N-dealkylation sites (tertiary alicyclic amines) is 1. The van der Waals surface area contributed by atoms with Crippen LogP contribution in [0.25, 0.3) is 0 Å². The number of aliphatic hydroxyl groups excluding tert-OH is 1. The maximum Gasteiger partial charge on any atom is 0.191 e. The van der Waals surface area contributed by atoms with Gasteiger partial charge in [-0.2, -0.15) is 0 Å². The van der Waals surface area contributed by atoms with Crippen LogP contribution in [-0.4, -0.2) is 54.2 Å². The number of nitrogens with one attached hydrogen (secondary N) is 2. The number of nitrogens with zero attached hydrogens (tertiary/aromatic N) is 2. The molecule has 0 aromatic carbocycles. The van der Waals surface area contributed by atoms with Gasteiger partial charge in [0.15, 0.2) is 5.96 Å². The smallest absolute Gasteiger partial charge is 0.191 e. The Hall–Kier alpha value is -0.0900. The molecule has 1 atom stereocenters. The third kappa shape index (κ3) is 7.31. The number of hydrogen-bond donors (Lipinski definition) is 3. The van der Waals surface area contributed by atoms with Crippen molar-refractivity contribution in [3.05, 3.63) is 21.3 Å². The summed E-state index contributed by atoms with van der Waals surface area (Å²) in [6, 6.07) is 4.96. The van der Waals surface area contributed by atoms with Crippen LogP contribution in [0.3, 0.4) is 0 Å². The lowest BCUT2D eigenvalue weighted by Gasteiger charge is -2.39. The normalized spacial score (nSPS) is 21.2. The Kier molecular flexibility index (Phi) is 10.9. The second-order valence-electron chi connectivity index (χ2n) is 7.62. The van der Waals surface area contributed by atoms with Crippen LogP contribution in [-0.2, 0) is 0 Å². The topological polar surface area (TPSA) is 59.9 Å². The summed E-state index contributed by atoms with van der Waals surface area (Å²) in [5.41, 5.74) is 0. The standard InChI is InChI=1S/C20H33ClN4OS.HI/c1-2-22-20(23-14-17(26)18-8-9-19(21)27-18)24-15-10-12-25(13-11-15)16-6-4-3-5-7-16;/h8-9,15-17,26H,2-7,10-14H2,1H3,(H2,22,23,24);1H. The van der Waals surface area contributed by atoms with Crippen molar-refractivity contribution in [3.63, 3.8) is 0 Å². The first kappa shape index (κ1) is 24.2. The molecule has 1 aliphatic carbocycles. The molecule has 5 nitrogen and oxygen atoms in total. The summed E-state index contributed by atoms with van der Waals surface area (Å²) in [6.07, 6.45) is 8.69. The maximum atomic E-state index is 10.3. The molecule has 8 heteroatoms. The number of aliphatic imine (C=N–C) groups is 1. The molecule has 1 aromatic rings. The molecule has 0 bridgehead atoms. The van der Waals surface area contributed by atoms with Crippen molar-refractivity contribution in [2.75, 3.05) is 26.2 Å². The highest BCUT2D eigenvalue weighted by Crippen LogP contribution is 2.27. The van der Waals surface area contributed by atoms with Gasteiger partial charge in [0.2, 0.25) is 0 Å². The van der Waals surface area contributed by atoms with Gasteiger partial charge in [-0.1, -0.05) is 30.9 Å². The molecule has 1 saturated heterocycles. The molecule has 1 unspecified atom stereocenters. The average Bonchev–Trinajstić information content (AvgIpc) is 3.14. The van der Waals surface area contributed by atoms with Crippen LogP contribution in [0.4, 0.5) is 0 Å². The van der Waals surface area contributed by atoms with Gasteiger partial charge < -0.3 is 20.6 Å². The van der Waals surface area contributed by atoms with Gasteiger partial charge in [-0.05, 0) is 44.7 Å². The Bertz CT molecular complexity index is 601. The van der Waals surface area contributed by atoms with E-state index in [-0.39, 0.29) is 24.0 Å². The van der Waals surface area contributed by atoms with E-state index in [1.165, 1.54) is 56.5 Å². The molecular weight excluding hydrogens is 507 g/mol. The molecule has 1 aromatic heterocycles. The third-order valence-electron chi connectivity index (χ3n) is 5.65. The number of aliphatic hydroxyl groups is 1. The molecule has 28 heavy (non-hydrogen) atoms. The molecule has 0 amide bonds. The molecular formula is C20H34ClIN4OS. The molecule has 1 aliphatic heterocycles. The number of piperidine rings is 1. The SMILES string of the molecule is CCNC(=NCC(O)c1ccc(Cl)s1)NC1CCN(C2CCCCC2)CC1.I. The Morgan fingerprint density at radius 3 is 2.57 bits per heavy atom. The molecule has 2 heterocycles. The highest BCUT2D eigenvalue weighted by molar-refractivity contribution is 14.0. The fraction of sp³-hybridized carbons (Fsp3) is 0.750. The van der Waals surface area contributed by atoms with Crippen LogP contribution in [0.1, 0.15) is 62.9 Å². The molecule has 0 spiro atoms. The van der Waals surface area contributed by atoms with Crippen molar-refractivity contribution < 1.29 is 5.11 Å². The third-order valence-corrected chi connectivity index (χ3v) is 6.98. The van der Waals surface area contributed by atoms with Gasteiger partial charge >= 0.3 is 0 Å². The Labute approximate surface area is 195 Å². The summed E-state index contributed by atoms with van der Waals surface area (Å²) < 4.78 is 0.697. The van der Waals surface area contributed by atoms with Crippen LogP contribution in [0.5, 0.6) is 0 Å². The van der Waals surface area contributed by atoms with E-state index in [4.69, 9.17) is 11.6 Å². The lowest BCUT2D eigenvalue weighted by molar-refractivity contribution is 0.119. The number of hydrogen-bond acceptors (Lipinski definition) is 4. The van der Waals surface area contributed by atoms with Crippen LogP contribution < -0.4 is 10.6 Å². The van der Waals surface area contributed by atoms with E-state index in [0.29, 0.717) is 16.9 Å². The van der Waals surface area contributed by atoms with Crippen LogP contribution in [0.2, 0.25) is 4.34 Å². The van der Waals surface area contributed by atoms with Gasteiger partial charge in [0, 0.05) is 36.6 Å². The first-order chi connectivity index (χ1) is 13.2. The molecule has 3 N–H and O–H groups in total. The van der Waals surface area contributed by atoms with Gasteiger partial charge in [-0.25, -0.2) is 0 Å². The van der Waals surface area contributed by atoms with E-state index in [9.17, 15) is 5.11 Å². The monoisotopic (exact) mass is 540 g/mol. The average molecular weight is 541 g/mol. The zero-order valence-electron chi connectivity index (χ0n) is 16.7. The molecule has 1 saturated carbocycles. The van der Waals surface area contributed by atoms with Gasteiger partial charge in [-0.15, -0.1) is 35.3 Å². The fourth-order valence-electron chi connectivity index (χ4n) is 4.14. The number of rotatable bonds is 6. The van der Waals surface area contributed by atoms with Gasteiger partial charge in [-0.3, -0.25) is 4.99 Å². The molecule has 0 radical (unpaired) electrons. The quantitative estimate of drug-likeness (QED) is 0.284. The second-order valence-corrected chi connectivity index (χ2v) is 9.37. The van der Waals surface area contributed by atoms with E-state index in [0.717, 1.165) is 36.3 Å². The number of thiophene rings is 1. The first-order valence-corrected chi connectivity index (χ1v) is 11.6. The van der Waals surface area contributed by atoms with Crippen molar-refractivity contribution in [3.8, 4) is 0 Å². The van der Waals surface area contributed by atoms with Gasteiger partial charge in [0.25, 0.3) is 0 Å². The van der Waals surface area contributed by atoms with Crippen LogP contribution in [0, 0.1) is 0 Å². The van der Waals surface area contributed by atoms with E-state index in [1.807, 2.05) is 12.1 Å². The second kappa shape index (κ2) is 12.6.